The summed E-state index contributed by atoms with van der Waals surface area (Å²) in [7, 11) is 0. The van der Waals surface area contributed by atoms with Gasteiger partial charge in [0.25, 0.3) is 0 Å². The van der Waals surface area contributed by atoms with Gasteiger partial charge >= 0.3 is 17.9 Å². The third-order valence-corrected chi connectivity index (χ3v) is 13.5. The monoisotopic (exact) mass is 1050 g/mol. The van der Waals surface area contributed by atoms with E-state index < -0.39 is 6.10 Å². The number of carbonyl (C=O) groups excluding carboxylic acids is 3. The minimum absolute atomic E-state index is 0.103. The molecule has 0 spiro atoms. The molecule has 0 radical (unpaired) electrons. The first kappa shape index (κ1) is 72.1. The molecule has 76 heavy (non-hydrogen) atoms. The maximum Gasteiger partial charge on any atom is 0.306 e. The van der Waals surface area contributed by atoms with Gasteiger partial charge in [-0.1, -0.05) is 271 Å². The van der Waals surface area contributed by atoms with Gasteiger partial charge in [0.1, 0.15) is 13.2 Å². The summed E-state index contributed by atoms with van der Waals surface area (Å²) in [5, 5.41) is 0. The fourth-order valence-corrected chi connectivity index (χ4v) is 8.72. The highest BCUT2D eigenvalue weighted by Crippen LogP contribution is 2.16. The Balaban J connectivity index is 4.20. The lowest BCUT2D eigenvalue weighted by atomic mass is 10.0. The van der Waals surface area contributed by atoms with Gasteiger partial charge in [-0.2, -0.15) is 0 Å². The van der Waals surface area contributed by atoms with Crippen LogP contribution < -0.4 is 0 Å². The van der Waals surface area contributed by atoms with Crippen LogP contribution in [0.25, 0.3) is 0 Å². The standard InChI is InChI=1S/C70H118O6/c1-4-7-10-13-16-19-22-24-26-28-29-30-31-32-33-34-35-36-37-38-39-40-41-43-44-46-48-51-54-57-60-63-69(72)75-66-67(65-74-68(71)62-59-56-53-50-21-18-15-12-9-6-3)76-70(73)64-61-58-55-52-49-47-45-42-27-25-23-20-17-14-11-8-5-2/h8,11-12,15,17,20,22,24-25,27-29,31-32,45,47,52,55,67H,4-7,9-10,13-14,16,18-19,21,23,26,30,33-44,46,48-51,53-54,56-66H2,1-3H3/b11-8-,15-12-,20-17-,24-22-,27-25-,29-28-,32-31-,47-45-,55-52-. The van der Waals surface area contributed by atoms with Crippen molar-refractivity contribution >= 4 is 17.9 Å². The molecule has 434 valence electrons. The Labute approximate surface area is 470 Å². The van der Waals surface area contributed by atoms with Gasteiger partial charge in [0.05, 0.1) is 0 Å². The molecule has 0 aromatic heterocycles. The Bertz CT molecular complexity index is 1540. The summed E-state index contributed by atoms with van der Waals surface area (Å²) in [5.41, 5.74) is 0. The zero-order valence-electron chi connectivity index (χ0n) is 49.7. The van der Waals surface area contributed by atoms with Crippen molar-refractivity contribution in [1.82, 2.24) is 0 Å². The van der Waals surface area contributed by atoms with Crippen molar-refractivity contribution in [3.63, 3.8) is 0 Å². The van der Waals surface area contributed by atoms with Crippen LogP contribution in [0.2, 0.25) is 0 Å². The Hall–Kier alpha value is -3.93. The van der Waals surface area contributed by atoms with Crippen LogP contribution >= 0.6 is 0 Å². The summed E-state index contributed by atoms with van der Waals surface area (Å²) in [6.45, 7) is 6.41. The molecule has 0 amide bonds. The number of esters is 3. The molecule has 0 bridgehead atoms. The number of rotatable bonds is 57. The van der Waals surface area contributed by atoms with E-state index in [2.05, 4.69) is 130 Å². The van der Waals surface area contributed by atoms with Gasteiger partial charge in [-0.05, 0) is 116 Å². The summed E-state index contributed by atoms with van der Waals surface area (Å²) in [6, 6.07) is 0. The van der Waals surface area contributed by atoms with Crippen LogP contribution in [0.5, 0.6) is 0 Å². The van der Waals surface area contributed by atoms with Gasteiger partial charge in [-0.25, -0.2) is 0 Å². The third-order valence-electron chi connectivity index (χ3n) is 13.5. The summed E-state index contributed by atoms with van der Waals surface area (Å²) in [5.74, 6) is -0.970. The maximum absolute atomic E-state index is 12.8. The minimum Gasteiger partial charge on any atom is -0.462 e. The van der Waals surface area contributed by atoms with Crippen molar-refractivity contribution < 1.29 is 28.6 Å². The van der Waals surface area contributed by atoms with Gasteiger partial charge in [0.15, 0.2) is 6.10 Å². The Kier molecular flexibility index (Phi) is 60.3. The summed E-state index contributed by atoms with van der Waals surface area (Å²) < 4.78 is 16.8. The van der Waals surface area contributed by atoms with Crippen molar-refractivity contribution in [3.8, 4) is 0 Å². The van der Waals surface area contributed by atoms with Gasteiger partial charge in [0, 0.05) is 19.3 Å². The molecule has 0 fully saturated rings. The van der Waals surface area contributed by atoms with Crippen molar-refractivity contribution in [2.24, 2.45) is 0 Å². The average Bonchev–Trinajstić information content (AvgIpc) is 3.42. The van der Waals surface area contributed by atoms with E-state index in [9.17, 15) is 14.4 Å². The average molecular weight is 1060 g/mol. The molecule has 1 unspecified atom stereocenters. The molecule has 0 heterocycles. The molecule has 0 N–H and O–H groups in total. The van der Waals surface area contributed by atoms with Crippen LogP contribution in [0.4, 0.5) is 0 Å². The minimum atomic E-state index is -0.812. The van der Waals surface area contributed by atoms with Gasteiger partial charge in [0.2, 0.25) is 0 Å². The van der Waals surface area contributed by atoms with E-state index in [0.717, 1.165) is 109 Å². The van der Waals surface area contributed by atoms with E-state index in [1.807, 2.05) is 0 Å². The van der Waals surface area contributed by atoms with E-state index in [1.54, 1.807) is 0 Å². The summed E-state index contributed by atoms with van der Waals surface area (Å²) in [6.07, 6.45) is 87.0. The predicted molar refractivity (Wildman–Crippen MR) is 330 cm³/mol. The van der Waals surface area contributed by atoms with Gasteiger partial charge in [-0.15, -0.1) is 0 Å². The molecule has 0 aromatic rings. The highest BCUT2D eigenvalue weighted by Gasteiger charge is 2.19. The first-order chi connectivity index (χ1) is 37.5. The molecule has 0 aliphatic heterocycles. The van der Waals surface area contributed by atoms with Crippen molar-refractivity contribution in [1.29, 1.82) is 0 Å². The second-order valence-corrected chi connectivity index (χ2v) is 20.9. The van der Waals surface area contributed by atoms with Crippen LogP contribution in [0.1, 0.15) is 297 Å². The molecule has 0 saturated carbocycles. The van der Waals surface area contributed by atoms with Gasteiger partial charge in [-0.3, -0.25) is 14.4 Å². The fraction of sp³-hybridized carbons (Fsp3) is 0.700. The molecule has 0 aliphatic rings. The molecule has 0 rings (SSSR count). The number of ether oxygens (including phenoxy) is 3. The molecule has 6 nitrogen and oxygen atoms in total. The normalized spacial score (nSPS) is 12.8. The smallest absolute Gasteiger partial charge is 0.306 e. The van der Waals surface area contributed by atoms with E-state index in [-0.39, 0.29) is 37.5 Å². The van der Waals surface area contributed by atoms with E-state index in [4.69, 9.17) is 14.2 Å². The van der Waals surface area contributed by atoms with Crippen LogP contribution in [0.15, 0.2) is 109 Å². The van der Waals surface area contributed by atoms with Gasteiger partial charge < -0.3 is 14.2 Å². The predicted octanol–water partition coefficient (Wildman–Crippen LogP) is 21.8. The Morgan fingerprint density at radius 2 is 0.553 bits per heavy atom. The second-order valence-electron chi connectivity index (χ2n) is 20.9. The highest BCUT2D eigenvalue weighted by molar-refractivity contribution is 5.71. The molecule has 0 aromatic carbocycles. The lowest BCUT2D eigenvalue weighted by Gasteiger charge is -2.18. The lowest BCUT2D eigenvalue weighted by Crippen LogP contribution is -2.30. The molecule has 1 atom stereocenters. The van der Waals surface area contributed by atoms with E-state index in [0.29, 0.717) is 19.3 Å². The van der Waals surface area contributed by atoms with Crippen molar-refractivity contribution in [2.45, 2.75) is 303 Å². The van der Waals surface area contributed by atoms with Crippen molar-refractivity contribution in [3.05, 3.63) is 109 Å². The zero-order valence-corrected chi connectivity index (χ0v) is 49.7. The number of hydrogen-bond acceptors (Lipinski definition) is 6. The summed E-state index contributed by atoms with van der Waals surface area (Å²) >= 11 is 0. The molecular formula is C70H118O6. The number of unbranched alkanes of at least 4 members (excludes halogenated alkanes) is 28. The fourth-order valence-electron chi connectivity index (χ4n) is 8.72. The first-order valence-corrected chi connectivity index (χ1v) is 31.9. The molecule has 0 saturated heterocycles. The largest absolute Gasteiger partial charge is 0.462 e. The lowest BCUT2D eigenvalue weighted by molar-refractivity contribution is -0.167. The Morgan fingerprint density at radius 3 is 0.908 bits per heavy atom. The molecule has 0 aliphatic carbocycles. The van der Waals surface area contributed by atoms with Crippen LogP contribution in [0.3, 0.4) is 0 Å². The quantitative estimate of drug-likeness (QED) is 0.0261. The molecule has 6 heteroatoms. The number of hydrogen-bond donors (Lipinski definition) is 0. The second kappa shape index (κ2) is 63.6. The van der Waals surface area contributed by atoms with E-state index >= 15 is 0 Å². The zero-order chi connectivity index (χ0) is 55.0. The van der Waals surface area contributed by atoms with E-state index in [1.165, 1.54) is 141 Å². The van der Waals surface area contributed by atoms with Crippen LogP contribution in [0, 0.1) is 0 Å². The Morgan fingerprint density at radius 1 is 0.276 bits per heavy atom. The number of allylic oxidation sites excluding steroid dienone is 18. The van der Waals surface area contributed by atoms with Crippen LogP contribution in [-0.2, 0) is 28.6 Å². The van der Waals surface area contributed by atoms with Crippen LogP contribution in [-0.4, -0.2) is 37.2 Å². The summed E-state index contributed by atoms with van der Waals surface area (Å²) in [4.78, 5) is 38.1. The first-order valence-electron chi connectivity index (χ1n) is 31.9. The third kappa shape index (κ3) is 60.9. The van der Waals surface area contributed by atoms with Crippen molar-refractivity contribution in [2.75, 3.05) is 13.2 Å². The SMILES string of the molecule is CC/C=C\C/C=C\C/C=C\C/C=C\C/C=C\CCCC(=O)OC(COC(=O)CCCCCCC/C=C\CCC)COC(=O)CCCCCCCCCCCCCCCCCC/C=C\C/C=C\C/C=C\CCCCCCC. The highest BCUT2D eigenvalue weighted by atomic mass is 16.6. The topological polar surface area (TPSA) is 78.9 Å². The maximum atomic E-state index is 12.8. The molecular weight excluding hydrogens is 937 g/mol. The number of carbonyl (C=O) groups is 3.